The van der Waals surface area contributed by atoms with Crippen LogP contribution >= 0.6 is 35.0 Å². The minimum Gasteiger partial charge on any atom is -0.490 e. The van der Waals surface area contributed by atoms with Crippen molar-refractivity contribution in [3.05, 3.63) is 57.6 Å². The minimum atomic E-state index is -0.0202. The molecule has 0 aliphatic heterocycles. The summed E-state index contributed by atoms with van der Waals surface area (Å²) in [5, 5.41) is 3.94. The number of amides is 1. The molecule has 0 aromatic heterocycles. The molecule has 2 aromatic rings. The standard InChI is InChI=1S/C18H19Cl2NO2S/c1-12-5-3-6-13(2)17(12)21-16(22)11-24-10-9-23-18-14(19)7-4-8-15(18)20/h3-8H,9-11H2,1-2H3,(H,21,22). The Morgan fingerprint density at radius 2 is 1.67 bits per heavy atom. The largest absolute Gasteiger partial charge is 0.490 e. The second kappa shape index (κ2) is 9.21. The molecule has 1 N–H and O–H groups in total. The minimum absolute atomic E-state index is 0.0202. The van der Waals surface area contributed by atoms with Crippen LogP contribution in [0.3, 0.4) is 0 Å². The van der Waals surface area contributed by atoms with Gasteiger partial charge in [0.1, 0.15) is 0 Å². The smallest absolute Gasteiger partial charge is 0.234 e. The number of ether oxygens (including phenoxy) is 1. The number of halogens is 2. The second-order valence-electron chi connectivity index (χ2n) is 5.27. The van der Waals surface area contributed by atoms with Gasteiger partial charge in [0.2, 0.25) is 5.91 Å². The van der Waals surface area contributed by atoms with E-state index in [4.69, 9.17) is 27.9 Å². The van der Waals surface area contributed by atoms with E-state index < -0.39 is 0 Å². The van der Waals surface area contributed by atoms with Crippen molar-refractivity contribution in [2.45, 2.75) is 13.8 Å². The van der Waals surface area contributed by atoms with Crippen LogP contribution in [0.15, 0.2) is 36.4 Å². The van der Waals surface area contributed by atoms with Crippen LogP contribution in [0, 0.1) is 13.8 Å². The van der Waals surface area contributed by atoms with E-state index in [9.17, 15) is 4.79 Å². The molecule has 6 heteroatoms. The van der Waals surface area contributed by atoms with Crippen LogP contribution in [0.4, 0.5) is 5.69 Å². The van der Waals surface area contributed by atoms with E-state index in [0.717, 1.165) is 16.8 Å². The van der Waals surface area contributed by atoms with E-state index in [-0.39, 0.29) is 5.91 Å². The predicted molar refractivity (Wildman–Crippen MR) is 104 cm³/mol. The first-order chi connectivity index (χ1) is 11.5. The highest BCUT2D eigenvalue weighted by Crippen LogP contribution is 2.32. The van der Waals surface area contributed by atoms with Crippen LogP contribution in [0.25, 0.3) is 0 Å². The number of thioether (sulfide) groups is 1. The molecule has 0 heterocycles. The van der Waals surface area contributed by atoms with Gasteiger partial charge in [-0.3, -0.25) is 4.79 Å². The van der Waals surface area contributed by atoms with Gasteiger partial charge in [-0.2, -0.15) is 0 Å². The summed E-state index contributed by atoms with van der Waals surface area (Å²) in [5.74, 6) is 1.50. The first-order valence-electron chi connectivity index (χ1n) is 7.49. The number of para-hydroxylation sites is 2. The lowest BCUT2D eigenvalue weighted by molar-refractivity contribution is -0.113. The van der Waals surface area contributed by atoms with Crippen molar-refractivity contribution < 1.29 is 9.53 Å². The van der Waals surface area contributed by atoms with Crippen molar-refractivity contribution in [1.82, 2.24) is 0 Å². The molecule has 0 bridgehead atoms. The van der Waals surface area contributed by atoms with Crippen molar-refractivity contribution in [3.8, 4) is 5.75 Å². The number of hydrogen-bond acceptors (Lipinski definition) is 3. The van der Waals surface area contributed by atoms with Gasteiger partial charge in [-0.05, 0) is 37.1 Å². The molecule has 24 heavy (non-hydrogen) atoms. The number of anilines is 1. The fourth-order valence-electron chi connectivity index (χ4n) is 2.18. The molecule has 0 aliphatic rings. The summed E-state index contributed by atoms with van der Waals surface area (Å²) >= 11 is 13.6. The number of carbonyl (C=O) groups excluding carboxylic acids is 1. The number of carbonyl (C=O) groups is 1. The molecule has 0 radical (unpaired) electrons. The van der Waals surface area contributed by atoms with Gasteiger partial charge in [-0.25, -0.2) is 0 Å². The molecule has 0 spiro atoms. The maximum atomic E-state index is 12.0. The van der Waals surface area contributed by atoms with Gasteiger partial charge in [0.25, 0.3) is 0 Å². The van der Waals surface area contributed by atoms with E-state index in [0.29, 0.717) is 33.9 Å². The van der Waals surface area contributed by atoms with E-state index >= 15 is 0 Å². The molecule has 2 rings (SSSR count). The van der Waals surface area contributed by atoms with E-state index in [1.165, 1.54) is 11.8 Å². The Balaban J connectivity index is 1.74. The number of aryl methyl sites for hydroxylation is 2. The molecule has 0 saturated heterocycles. The van der Waals surface area contributed by atoms with Gasteiger partial charge >= 0.3 is 0 Å². The van der Waals surface area contributed by atoms with Crippen LogP contribution in [0.5, 0.6) is 5.75 Å². The highest BCUT2D eigenvalue weighted by atomic mass is 35.5. The summed E-state index contributed by atoms with van der Waals surface area (Å²) in [5.41, 5.74) is 3.01. The van der Waals surface area contributed by atoms with Gasteiger partial charge in [-0.1, -0.05) is 47.5 Å². The molecule has 0 atom stereocenters. The molecule has 3 nitrogen and oxygen atoms in total. The zero-order valence-electron chi connectivity index (χ0n) is 13.6. The van der Waals surface area contributed by atoms with Gasteiger partial charge in [-0.15, -0.1) is 11.8 Å². The predicted octanol–water partition coefficient (Wildman–Crippen LogP) is 5.36. The summed E-state index contributed by atoms with van der Waals surface area (Å²) in [6, 6.07) is 11.2. The average molecular weight is 384 g/mol. The van der Waals surface area contributed by atoms with Crippen LogP contribution < -0.4 is 10.1 Å². The first-order valence-corrected chi connectivity index (χ1v) is 9.40. The van der Waals surface area contributed by atoms with Crippen LogP contribution in [0.1, 0.15) is 11.1 Å². The Morgan fingerprint density at radius 3 is 2.29 bits per heavy atom. The quantitative estimate of drug-likeness (QED) is 0.653. The lowest BCUT2D eigenvalue weighted by atomic mass is 10.1. The number of hydrogen-bond donors (Lipinski definition) is 1. The molecular formula is C18H19Cl2NO2S. The Hall–Kier alpha value is -1.36. The Bertz CT molecular complexity index is 682. The summed E-state index contributed by atoms with van der Waals surface area (Å²) in [7, 11) is 0. The van der Waals surface area contributed by atoms with Gasteiger partial charge < -0.3 is 10.1 Å². The van der Waals surface area contributed by atoms with E-state index in [1.54, 1.807) is 18.2 Å². The van der Waals surface area contributed by atoms with Crippen LogP contribution in [-0.2, 0) is 4.79 Å². The summed E-state index contributed by atoms with van der Waals surface area (Å²) < 4.78 is 5.59. The van der Waals surface area contributed by atoms with Crippen molar-refractivity contribution in [2.75, 3.05) is 23.4 Å². The second-order valence-corrected chi connectivity index (χ2v) is 7.19. The fraction of sp³-hybridized carbons (Fsp3) is 0.278. The fourth-order valence-corrected chi connectivity index (χ4v) is 3.28. The van der Waals surface area contributed by atoms with Gasteiger partial charge in [0, 0.05) is 11.4 Å². The van der Waals surface area contributed by atoms with E-state index in [1.807, 2.05) is 32.0 Å². The van der Waals surface area contributed by atoms with E-state index in [2.05, 4.69) is 5.32 Å². The third-order valence-electron chi connectivity index (χ3n) is 3.37. The van der Waals surface area contributed by atoms with Gasteiger partial charge in [0.05, 0.1) is 22.4 Å². The van der Waals surface area contributed by atoms with Crippen LogP contribution in [-0.4, -0.2) is 24.0 Å². The highest BCUT2D eigenvalue weighted by molar-refractivity contribution is 7.99. The SMILES string of the molecule is Cc1cccc(C)c1NC(=O)CSCCOc1c(Cl)cccc1Cl. The molecule has 0 unspecified atom stereocenters. The summed E-state index contributed by atoms with van der Waals surface area (Å²) in [4.78, 5) is 12.0. The number of benzene rings is 2. The molecule has 0 saturated carbocycles. The first kappa shape index (κ1) is 19.0. The molecule has 0 fully saturated rings. The lowest BCUT2D eigenvalue weighted by Gasteiger charge is -2.12. The Labute approximate surface area is 156 Å². The van der Waals surface area contributed by atoms with Crippen molar-refractivity contribution in [3.63, 3.8) is 0 Å². The Morgan fingerprint density at radius 1 is 1.08 bits per heavy atom. The molecule has 2 aromatic carbocycles. The topological polar surface area (TPSA) is 38.3 Å². The molecular weight excluding hydrogens is 365 g/mol. The highest BCUT2D eigenvalue weighted by Gasteiger charge is 2.08. The Kier molecular flexibility index (Phi) is 7.28. The molecule has 0 aliphatic carbocycles. The van der Waals surface area contributed by atoms with Crippen molar-refractivity contribution in [2.24, 2.45) is 0 Å². The number of nitrogens with one attached hydrogen (secondary N) is 1. The number of rotatable bonds is 7. The monoisotopic (exact) mass is 383 g/mol. The zero-order chi connectivity index (χ0) is 17.5. The molecule has 128 valence electrons. The summed E-state index contributed by atoms with van der Waals surface area (Å²) in [6.45, 7) is 4.40. The van der Waals surface area contributed by atoms with Crippen molar-refractivity contribution >= 4 is 46.6 Å². The zero-order valence-corrected chi connectivity index (χ0v) is 15.9. The lowest BCUT2D eigenvalue weighted by Crippen LogP contribution is -2.16. The third-order valence-corrected chi connectivity index (χ3v) is 4.89. The maximum Gasteiger partial charge on any atom is 0.234 e. The van der Waals surface area contributed by atoms with Crippen LogP contribution in [0.2, 0.25) is 10.0 Å². The van der Waals surface area contributed by atoms with Crippen molar-refractivity contribution in [1.29, 1.82) is 0 Å². The maximum absolute atomic E-state index is 12.0. The van der Waals surface area contributed by atoms with Gasteiger partial charge in [0.15, 0.2) is 5.75 Å². The third kappa shape index (κ3) is 5.33. The average Bonchev–Trinajstić information content (AvgIpc) is 2.53. The summed E-state index contributed by atoms with van der Waals surface area (Å²) in [6.07, 6.45) is 0. The normalized spacial score (nSPS) is 10.5. The molecule has 1 amide bonds.